The van der Waals surface area contributed by atoms with Crippen LogP contribution in [0.3, 0.4) is 0 Å². The number of ether oxygens (including phenoxy) is 1. The van der Waals surface area contributed by atoms with Crippen molar-refractivity contribution >= 4 is 5.91 Å². The second-order valence-electron chi connectivity index (χ2n) is 8.81. The topological polar surface area (TPSA) is 84.1 Å². The molecule has 1 aliphatic carbocycles. The average molecular weight is 543 g/mol. The van der Waals surface area contributed by atoms with Crippen LogP contribution >= 0.6 is 0 Å². The van der Waals surface area contributed by atoms with Gasteiger partial charge in [-0.3, -0.25) is 9.59 Å². The molecule has 0 bridgehead atoms. The highest BCUT2D eigenvalue weighted by atomic mass is 19.4. The second-order valence-corrected chi connectivity index (χ2v) is 8.81. The van der Waals surface area contributed by atoms with Crippen molar-refractivity contribution in [1.29, 1.82) is 0 Å². The summed E-state index contributed by atoms with van der Waals surface area (Å²) in [7, 11) is 0. The third-order valence-electron chi connectivity index (χ3n) is 6.22. The summed E-state index contributed by atoms with van der Waals surface area (Å²) in [4.78, 5) is 29.6. The number of carbonyl (C=O) groups is 1. The number of nitrogens with zero attached hydrogens (tertiary/aromatic N) is 1. The Morgan fingerprint density at radius 2 is 1.76 bits per heavy atom. The molecule has 202 valence electrons. The first-order chi connectivity index (χ1) is 17.9. The standard InChI is InChI=1S/C25H20F7N3O3/c1-11-19(27)24(37)35-22(34-11)18-16(25(30,31)32)6-5-12(21(18)29)9-33-23(36)14-7-15(8-14)38-10-13-3-2-4-17(26)20(13)28/h2-6,14-15H,7-10H2,1H3,(H,33,36)(H,34,35,37)/t14-,15-. The van der Waals surface area contributed by atoms with Gasteiger partial charge in [0.05, 0.1) is 29.5 Å². The first-order valence-electron chi connectivity index (χ1n) is 11.3. The lowest BCUT2D eigenvalue weighted by atomic mass is 9.81. The van der Waals surface area contributed by atoms with Crippen molar-refractivity contribution in [2.24, 2.45) is 5.92 Å². The Morgan fingerprint density at radius 3 is 2.42 bits per heavy atom. The van der Waals surface area contributed by atoms with E-state index in [1.54, 1.807) is 0 Å². The molecular formula is C25H20F7N3O3. The minimum atomic E-state index is -5.02. The van der Waals surface area contributed by atoms with E-state index in [9.17, 15) is 35.9 Å². The number of aromatic amines is 1. The van der Waals surface area contributed by atoms with E-state index in [0.717, 1.165) is 19.1 Å². The molecule has 0 atom stereocenters. The van der Waals surface area contributed by atoms with Gasteiger partial charge >= 0.3 is 6.18 Å². The molecule has 0 unspecified atom stereocenters. The summed E-state index contributed by atoms with van der Waals surface area (Å²) in [6.07, 6.45) is -4.91. The van der Waals surface area contributed by atoms with Crippen molar-refractivity contribution in [3.8, 4) is 11.4 Å². The first kappa shape index (κ1) is 27.3. The largest absolute Gasteiger partial charge is 0.417 e. The van der Waals surface area contributed by atoms with Crippen LogP contribution in [0.5, 0.6) is 0 Å². The maximum absolute atomic E-state index is 15.3. The predicted octanol–water partition coefficient (Wildman–Crippen LogP) is 4.93. The molecule has 2 N–H and O–H groups in total. The van der Waals surface area contributed by atoms with E-state index in [2.05, 4.69) is 10.3 Å². The number of benzene rings is 2. The number of alkyl halides is 3. The van der Waals surface area contributed by atoms with Crippen molar-refractivity contribution in [3.63, 3.8) is 0 Å². The molecule has 13 heteroatoms. The lowest BCUT2D eigenvalue weighted by molar-refractivity contribution is -0.137. The van der Waals surface area contributed by atoms with Crippen LogP contribution in [0.2, 0.25) is 0 Å². The summed E-state index contributed by atoms with van der Waals surface area (Å²) < 4.78 is 102. The summed E-state index contributed by atoms with van der Waals surface area (Å²) in [5.41, 5.74) is -4.69. The number of rotatable bonds is 7. The van der Waals surface area contributed by atoms with Gasteiger partial charge < -0.3 is 15.0 Å². The van der Waals surface area contributed by atoms with Crippen molar-refractivity contribution in [2.75, 3.05) is 0 Å². The molecular weight excluding hydrogens is 523 g/mol. The third kappa shape index (κ3) is 5.57. The number of aromatic nitrogens is 2. The van der Waals surface area contributed by atoms with Gasteiger partial charge in [0.15, 0.2) is 11.6 Å². The molecule has 6 nitrogen and oxygen atoms in total. The highest BCUT2D eigenvalue weighted by molar-refractivity contribution is 5.79. The van der Waals surface area contributed by atoms with Gasteiger partial charge in [-0.1, -0.05) is 18.2 Å². The van der Waals surface area contributed by atoms with Crippen molar-refractivity contribution in [2.45, 2.75) is 45.2 Å². The molecule has 0 saturated heterocycles. The van der Waals surface area contributed by atoms with Gasteiger partial charge in [0, 0.05) is 23.6 Å². The van der Waals surface area contributed by atoms with E-state index in [0.29, 0.717) is 6.07 Å². The zero-order valence-electron chi connectivity index (χ0n) is 19.7. The van der Waals surface area contributed by atoms with E-state index >= 15 is 4.39 Å². The van der Waals surface area contributed by atoms with Crippen LogP contribution < -0.4 is 10.9 Å². The number of nitrogens with one attached hydrogen (secondary N) is 2. The maximum Gasteiger partial charge on any atom is 0.417 e. The molecule has 1 fully saturated rings. The maximum atomic E-state index is 15.3. The van der Waals surface area contributed by atoms with Crippen LogP contribution in [-0.2, 0) is 28.9 Å². The summed E-state index contributed by atoms with van der Waals surface area (Å²) in [5, 5.41) is 2.44. The summed E-state index contributed by atoms with van der Waals surface area (Å²) in [5.74, 6) is -6.57. The van der Waals surface area contributed by atoms with E-state index in [1.807, 2.05) is 4.98 Å². The van der Waals surface area contributed by atoms with Crippen LogP contribution in [0.25, 0.3) is 11.4 Å². The zero-order chi connectivity index (χ0) is 27.8. The van der Waals surface area contributed by atoms with Gasteiger partial charge in [-0.2, -0.15) is 17.6 Å². The molecule has 3 aromatic rings. The van der Waals surface area contributed by atoms with E-state index in [1.165, 1.54) is 12.1 Å². The molecule has 38 heavy (non-hydrogen) atoms. The summed E-state index contributed by atoms with van der Waals surface area (Å²) >= 11 is 0. The Balaban J connectivity index is 1.43. The predicted molar refractivity (Wildman–Crippen MR) is 119 cm³/mol. The molecule has 1 aliphatic rings. The fraction of sp³-hybridized carbons (Fsp3) is 0.320. The molecule has 0 aliphatic heterocycles. The number of halogens is 7. The molecule has 0 radical (unpaired) electrons. The Morgan fingerprint density at radius 1 is 1.05 bits per heavy atom. The molecule has 1 amide bonds. The Labute approximate surface area is 210 Å². The minimum absolute atomic E-state index is 0.0265. The Bertz CT molecular complexity index is 1430. The van der Waals surface area contributed by atoms with Crippen LogP contribution in [0.1, 0.15) is 35.2 Å². The molecule has 2 aromatic carbocycles. The molecule has 1 aromatic heterocycles. The Hall–Kier alpha value is -3.74. The molecule has 1 heterocycles. The number of hydrogen-bond donors (Lipinski definition) is 2. The van der Waals surface area contributed by atoms with Crippen LogP contribution in [0.4, 0.5) is 30.7 Å². The first-order valence-corrected chi connectivity index (χ1v) is 11.3. The minimum Gasteiger partial charge on any atom is -0.373 e. The van der Waals surface area contributed by atoms with Crippen molar-refractivity contribution in [1.82, 2.24) is 15.3 Å². The van der Waals surface area contributed by atoms with Crippen LogP contribution in [-0.4, -0.2) is 22.0 Å². The fourth-order valence-corrected chi connectivity index (χ4v) is 4.02. The number of aryl methyl sites for hydroxylation is 1. The smallest absolute Gasteiger partial charge is 0.373 e. The Kier molecular flexibility index (Phi) is 7.58. The molecule has 0 spiro atoms. The van der Waals surface area contributed by atoms with Crippen LogP contribution in [0, 0.1) is 36.1 Å². The summed E-state index contributed by atoms with van der Waals surface area (Å²) in [6, 6.07) is 5.10. The zero-order valence-corrected chi connectivity index (χ0v) is 19.7. The highest BCUT2D eigenvalue weighted by Gasteiger charge is 2.38. The van der Waals surface area contributed by atoms with E-state index in [4.69, 9.17) is 4.74 Å². The normalized spacial score (nSPS) is 17.3. The number of amides is 1. The van der Waals surface area contributed by atoms with Crippen LogP contribution in [0.15, 0.2) is 35.1 Å². The monoisotopic (exact) mass is 543 g/mol. The van der Waals surface area contributed by atoms with E-state index < -0.39 is 82.1 Å². The van der Waals surface area contributed by atoms with Gasteiger partial charge in [-0.25, -0.2) is 18.2 Å². The third-order valence-corrected chi connectivity index (χ3v) is 6.22. The van der Waals surface area contributed by atoms with Gasteiger partial charge in [0.1, 0.15) is 11.6 Å². The molecule has 4 rings (SSSR count). The average Bonchev–Trinajstić information content (AvgIpc) is 2.82. The lowest BCUT2D eigenvalue weighted by Gasteiger charge is -2.34. The van der Waals surface area contributed by atoms with Crippen molar-refractivity contribution in [3.05, 3.63) is 86.3 Å². The number of carbonyl (C=O) groups excluding carboxylic acids is 1. The SMILES string of the molecule is Cc1nc(-c2c(C(F)(F)F)ccc(CNC(=O)[C@H]3C[C@H](OCc4cccc(F)c4F)C3)c2F)[nH]c(=O)c1F. The molecule has 1 saturated carbocycles. The van der Waals surface area contributed by atoms with E-state index in [-0.39, 0.29) is 30.6 Å². The van der Waals surface area contributed by atoms with Gasteiger partial charge in [0.25, 0.3) is 5.56 Å². The fourth-order valence-electron chi connectivity index (χ4n) is 4.02. The lowest BCUT2D eigenvalue weighted by Crippen LogP contribution is -2.42. The second kappa shape index (κ2) is 10.6. The quantitative estimate of drug-likeness (QED) is 0.414. The number of H-pyrrole nitrogens is 1. The highest BCUT2D eigenvalue weighted by Crippen LogP contribution is 2.38. The van der Waals surface area contributed by atoms with Gasteiger partial charge in [-0.15, -0.1) is 0 Å². The van der Waals surface area contributed by atoms with Gasteiger partial charge in [0.2, 0.25) is 11.7 Å². The number of hydrogen-bond acceptors (Lipinski definition) is 4. The van der Waals surface area contributed by atoms with Crippen molar-refractivity contribution < 1.29 is 40.3 Å². The summed E-state index contributed by atoms with van der Waals surface area (Å²) in [6.45, 7) is 0.380. The van der Waals surface area contributed by atoms with Gasteiger partial charge in [-0.05, 0) is 31.9 Å².